The van der Waals surface area contributed by atoms with Gasteiger partial charge < -0.3 is 10.1 Å². The van der Waals surface area contributed by atoms with Crippen LogP contribution in [0.2, 0.25) is 0 Å². The molecule has 1 fully saturated rings. The summed E-state index contributed by atoms with van der Waals surface area (Å²) >= 11 is 0. The Morgan fingerprint density at radius 1 is 1.19 bits per heavy atom. The molecule has 0 saturated heterocycles. The lowest BCUT2D eigenvalue weighted by atomic mass is 9.72. The van der Waals surface area contributed by atoms with Gasteiger partial charge in [-0.2, -0.15) is 0 Å². The summed E-state index contributed by atoms with van der Waals surface area (Å²) < 4.78 is 5.54. The number of hydrogen-bond donors (Lipinski definition) is 1. The van der Waals surface area contributed by atoms with Crippen molar-refractivity contribution in [2.75, 3.05) is 19.8 Å². The van der Waals surface area contributed by atoms with Crippen molar-refractivity contribution in [3.05, 3.63) is 0 Å². The zero-order valence-electron chi connectivity index (χ0n) is 11.3. The summed E-state index contributed by atoms with van der Waals surface area (Å²) in [6.45, 7) is 9.53. The monoisotopic (exact) mass is 227 g/mol. The third kappa shape index (κ3) is 4.84. The highest BCUT2D eigenvalue weighted by atomic mass is 16.5. The molecule has 1 saturated carbocycles. The molecule has 0 aromatic carbocycles. The van der Waals surface area contributed by atoms with E-state index < -0.39 is 0 Å². The largest absolute Gasteiger partial charge is 0.382 e. The molecule has 0 heterocycles. The van der Waals surface area contributed by atoms with E-state index in [1.54, 1.807) is 0 Å². The fourth-order valence-corrected chi connectivity index (χ4v) is 2.67. The van der Waals surface area contributed by atoms with Crippen molar-refractivity contribution in [2.24, 2.45) is 5.41 Å². The molecule has 0 aliphatic heterocycles. The van der Waals surface area contributed by atoms with E-state index in [0.717, 1.165) is 13.2 Å². The summed E-state index contributed by atoms with van der Waals surface area (Å²) in [5, 5.41) is 3.63. The van der Waals surface area contributed by atoms with Gasteiger partial charge in [0.1, 0.15) is 0 Å². The number of nitrogens with one attached hydrogen (secondary N) is 1. The SMILES string of the molecule is CCOCCC1(CNC(C)C)CCCCC1. The van der Waals surface area contributed by atoms with Gasteiger partial charge in [-0.25, -0.2) is 0 Å². The molecule has 1 rings (SSSR count). The molecule has 0 radical (unpaired) electrons. The lowest BCUT2D eigenvalue weighted by Crippen LogP contribution is -2.39. The summed E-state index contributed by atoms with van der Waals surface area (Å²) in [5.41, 5.74) is 0.525. The van der Waals surface area contributed by atoms with Crippen LogP contribution in [0.4, 0.5) is 0 Å². The van der Waals surface area contributed by atoms with Crippen LogP contribution >= 0.6 is 0 Å². The van der Waals surface area contributed by atoms with Crippen LogP contribution in [0.15, 0.2) is 0 Å². The summed E-state index contributed by atoms with van der Waals surface area (Å²) in [6, 6.07) is 0.603. The minimum atomic E-state index is 0.525. The third-order valence-corrected chi connectivity index (χ3v) is 3.78. The van der Waals surface area contributed by atoms with Crippen LogP contribution in [0, 0.1) is 5.41 Å². The molecule has 0 atom stereocenters. The maximum absolute atomic E-state index is 5.54. The van der Waals surface area contributed by atoms with Gasteiger partial charge in [0.25, 0.3) is 0 Å². The average molecular weight is 227 g/mol. The van der Waals surface area contributed by atoms with Crippen molar-refractivity contribution >= 4 is 0 Å². The van der Waals surface area contributed by atoms with Crippen LogP contribution in [-0.2, 0) is 4.74 Å². The highest BCUT2D eigenvalue weighted by Gasteiger charge is 2.31. The predicted octanol–water partition coefficient (Wildman–Crippen LogP) is 3.36. The van der Waals surface area contributed by atoms with Crippen molar-refractivity contribution in [1.82, 2.24) is 5.32 Å². The molecule has 0 spiro atoms. The molecule has 1 aliphatic carbocycles. The Labute approximate surface area is 101 Å². The Morgan fingerprint density at radius 3 is 2.44 bits per heavy atom. The van der Waals surface area contributed by atoms with E-state index in [4.69, 9.17) is 4.74 Å². The van der Waals surface area contributed by atoms with E-state index in [1.807, 2.05) is 0 Å². The minimum absolute atomic E-state index is 0.525. The topological polar surface area (TPSA) is 21.3 Å². The first-order chi connectivity index (χ1) is 7.68. The van der Waals surface area contributed by atoms with Crippen LogP contribution in [0.1, 0.15) is 59.3 Å². The molecular formula is C14H29NO. The van der Waals surface area contributed by atoms with Gasteiger partial charge in [-0.15, -0.1) is 0 Å². The molecule has 96 valence electrons. The van der Waals surface area contributed by atoms with Crippen molar-refractivity contribution in [2.45, 2.75) is 65.3 Å². The van der Waals surface area contributed by atoms with E-state index in [0.29, 0.717) is 11.5 Å². The third-order valence-electron chi connectivity index (χ3n) is 3.78. The Kier molecular flexibility index (Phi) is 6.37. The summed E-state index contributed by atoms with van der Waals surface area (Å²) in [7, 11) is 0. The Bertz CT molecular complexity index is 174. The molecule has 0 aromatic heterocycles. The minimum Gasteiger partial charge on any atom is -0.382 e. The lowest BCUT2D eigenvalue weighted by molar-refractivity contribution is 0.0781. The molecular weight excluding hydrogens is 198 g/mol. The van der Waals surface area contributed by atoms with E-state index in [1.165, 1.54) is 45.1 Å². The van der Waals surface area contributed by atoms with Crippen LogP contribution < -0.4 is 5.32 Å². The van der Waals surface area contributed by atoms with Gasteiger partial charge in [0.15, 0.2) is 0 Å². The number of ether oxygens (including phenoxy) is 1. The molecule has 1 N–H and O–H groups in total. The maximum atomic E-state index is 5.54. The standard InChI is InChI=1S/C14H29NO/c1-4-16-11-10-14(12-15-13(2)3)8-6-5-7-9-14/h13,15H,4-12H2,1-3H3. The summed E-state index contributed by atoms with van der Waals surface area (Å²) in [4.78, 5) is 0. The Balaban J connectivity index is 2.39. The quantitative estimate of drug-likeness (QED) is 0.673. The Morgan fingerprint density at radius 2 is 1.88 bits per heavy atom. The molecule has 0 bridgehead atoms. The average Bonchev–Trinajstić information content (AvgIpc) is 2.28. The first kappa shape index (κ1) is 14.0. The molecule has 0 aromatic rings. The van der Waals surface area contributed by atoms with Gasteiger partial charge in [0, 0.05) is 25.8 Å². The first-order valence-corrected chi connectivity index (χ1v) is 7.00. The Hall–Kier alpha value is -0.0800. The molecule has 2 nitrogen and oxygen atoms in total. The van der Waals surface area contributed by atoms with Gasteiger partial charge in [-0.1, -0.05) is 33.1 Å². The van der Waals surface area contributed by atoms with Crippen LogP contribution in [-0.4, -0.2) is 25.8 Å². The number of rotatable bonds is 7. The van der Waals surface area contributed by atoms with E-state index in [-0.39, 0.29) is 0 Å². The van der Waals surface area contributed by atoms with Gasteiger partial charge in [0.05, 0.1) is 0 Å². The van der Waals surface area contributed by atoms with Crippen LogP contribution in [0.3, 0.4) is 0 Å². The van der Waals surface area contributed by atoms with Crippen molar-refractivity contribution in [3.63, 3.8) is 0 Å². The smallest absolute Gasteiger partial charge is 0.0471 e. The maximum Gasteiger partial charge on any atom is 0.0471 e. The van der Waals surface area contributed by atoms with Crippen molar-refractivity contribution in [3.8, 4) is 0 Å². The van der Waals surface area contributed by atoms with Crippen molar-refractivity contribution in [1.29, 1.82) is 0 Å². The highest BCUT2D eigenvalue weighted by molar-refractivity contribution is 4.85. The van der Waals surface area contributed by atoms with Crippen molar-refractivity contribution < 1.29 is 4.74 Å². The van der Waals surface area contributed by atoms with Crippen LogP contribution in [0.25, 0.3) is 0 Å². The second kappa shape index (κ2) is 7.29. The van der Waals surface area contributed by atoms with E-state index >= 15 is 0 Å². The molecule has 16 heavy (non-hydrogen) atoms. The van der Waals surface area contributed by atoms with Crippen LogP contribution in [0.5, 0.6) is 0 Å². The van der Waals surface area contributed by atoms with Gasteiger partial charge >= 0.3 is 0 Å². The normalized spacial score (nSPS) is 20.2. The fraction of sp³-hybridized carbons (Fsp3) is 1.00. The number of hydrogen-bond acceptors (Lipinski definition) is 2. The second-order valence-corrected chi connectivity index (χ2v) is 5.54. The van der Waals surface area contributed by atoms with E-state index in [2.05, 4.69) is 26.1 Å². The first-order valence-electron chi connectivity index (χ1n) is 7.00. The highest BCUT2D eigenvalue weighted by Crippen LogP contribution is 2.38. The molecule has 0 unspecified atom stereocenters. The summed E-state index contributed by atoms with van der Waals surface area (Å²) in [5.74, 6) is 0. The van der Waals surface area contributed by atoms with Gasteiger partial charge in [-0.3, -0.25) is 0 Å². The summed E-state index contributed by atoms with van der Waals surface area (Å²) in [6.07, 6.45) is 8.26. The zero-order chi connectivity index (χ0) is 11.9. The van der Waals surface area contributed by atoms with Gasteiger partial charge in [0.2, 0.25) is 0 Å². The molecule has 0 amide bonds. The van der Waals surface area contributed by atoms with Gasteiger partial charge in [-0.05, 0) is 31.6 Å². The molecule has 1 aliphatic rings. The second-order valence-electron chi connectivity index (χ2n) is 5.54. The zero-order valence-corrected chi connectivity index (χ0v) is 11.3. The lowest BCUT2D eigenvalue weighted by Gasteiger charge is -2.38. The van der Waals surface area contributed by atoms with E-state index in [9.17, 15) is 0 Å². The molecule has 2 heteroatoms. The fourth-order valence-electron chi connectivity index (χ4n) is 2.67. The predicted molar refractivity (Wildman–Crippen MR) is 69.8 cm³/mol.